The number of carbonyl (C=O) groups excluding carboxylic acids is 1. The molecule has 0 bridgehead atoms. The van der Waals surface area contributed by atoms with E-state index in [0.717, 1.165) is 36.8 Å². The van der Waals surface area contributed by atoms with Crippen LogP contribution in [0.3, 0.4) is 0 Å². The third-order valence-corrected chi connectivity index (χ3v) is 4.55. The second-order valence-corrected chi connectivity index (χ2v) is 6.60. The molecule has 148 valence electrons. The summed E-state index contributed by atoms with van der Waals surface area (Å²) < 4.78 is 5.56. The van der Waals surface area contributed by atoms with Crippen LogP contribution in [0.25, 0.3) is 5.57 Å². The Hall–Kier alpha value is -2.86. The highest BCUT2D eigenvalue weighted by Gasteiger charge is 2.21. The van der Waals surface area contributed by atoms with Gasteiger partial charge in [-0.1, -0.05) is 94.3 Å². The Balaban J connectivity index is 3.31. The minimum absolute atomic E-state index is 0.0164. The van der Waals surface area contributed by atoms with Gasteiger partial charge in [0, 0.05) is 5.57 Å². The van der Waals surface area contributed by atoms with Gasteiger partial charge in [-0.3, -0.25) is 0 Å². The van der Waals surface area contributed by atoms with Gasteiger partial charge >= 0.3 is 5.97 Å². The second-order valence-electron chi connectivity index (χ2n) is 6.60. The zero-order valence-electron chi connectivity index (χ0n) is 17.3. The van der Waals surface area contributed by atoms with Crippen molar-refractivity contribution in [1.29, 1.82) is 5.26 Å². The maximum absolute atomic E-state index is 12.8. The van der Waals surface area contributed by atoms with Crippen molar-refractivity contribution < 1.29 is 9.53 Å². The topological polar surface area (TPSA) is 50.1 Å². The largest absolute Gasteiger partial charge is 0.461 e. The van der Waals surface area contributed by atoms with E-state index in [9.17, 15) is 10.1 Å². The number of nitrogens with zero attached hydrogens (tertiary/aromatic N) is 1. The SMILES string of the molecule is C=CC=C(C=CC)C(=C(C#N)C(=O)OCC(CC)CCCC)c1ccccc1. The molecule has 3 nitrogen and oxygen atoms in total. The van der Waals surface area contributed by atoms with E-state index in [1.165, 1.54) is 0 Å². The summed E-state index contributed by atoms with van der Waals surface area (Å²) in [5.41, 5.74) is 2.12. The molecule has 0 aliphatic carbocycles. The lowest BCUT2D eigenvalue weighted by atomic mass is 9.92. The third-order valence-electron chi connectivity index (χ3n) is 4.55. The summed E-state index contributed by atoms with van der Waals surface area (Å²) in [5.74, 6) is -0.251. The van der Waals surface area contributed by atoms with E-state index < -0.39 is 5.97 Å². The molecule has 1 atom stereocenters. The van der Waals surface area contributed by atoms with Crippen molar-refractivity contribution in [3.63, 3.8) is 0 Å². The van der Waals surface area contributed by atoms with Gasteiger partial charge in [-0.2, -0.15) is 5.26 Å². The van der Waals surface area contributed by atoms with Crippen molar-refractivity contribution in [2.75, 3.05) is 6.61 Å². The van der Waals surface area contributed by atoms with Crippen molar-refractivity contribution in [3.05, 3.63) is 77.9 Å². The summed E-state index contributed by atoms with van der Waals surface area (Å²) in [7, 11) is 0. The molecule has 0 saturated carbocycles. The number of carbonyl (C=O) groups is 1. The molecule has 0 spiro atoms. The number of hydrogen-bond acceptors (Lipinski definition) is 3. The Morgan fingerprint density at radius 2 is 2.00 bits per heavy atom. The van der Waals surface area contributed by atoms with E-state index in [1.807, 2.05) is 49.4 Å². The number of rotatable bonds is 11. The lowest BCUT2D eigenvalue weighted by Gasteiger charge is -2.16. The zero-order valence-corrected chi connectivity index (χ0v) is 17.3. The Labute approximate surface area is 169 Å². The van der Waals surface area contributed by atoms with Crippen LogP contribution in [0, 0.1) is 17.2 Å². The number of hydrogen-bond donors (Lipinski definition) is 0. The zero-order chi connectivity index (χ0) is 20.8. The van der Waals surface area contributed by atoms with Crippen LogP contribution in [-0.4, -0.2) is 12.6 Å². The fourth-order valence-corrected chi connectivity index (χ4v) is 2.96. The van der Waals surface area contributed by atoms with Gasteiger partial charge in [-0.05, 0) is 30.4 Å². The maximum Gasteiger partial charge on any atom is 0.349 e. The van der Waals surface area contributed by atoms with Gasteiger partial charge in [0.15, 0.2) is 0 Å². The normalized spacial score (nSPS) is 13.6. The summed E-state index contributed by atoms with van der Waals surface area (Å²) in [6, 6.07) is 11.5. The van der Waals surface area contributed by atoms with Gasteiger partial charge in [0.25, 0.3) is 0 Å². The molecule has 0 N–H and O–H groups in total. The van der Waals surface area contributed by atoms with Gasteiger partial charge in [0.05, 0.1) is 6.61 Å². The van der Waals surface area contributed by atoms with Crippen molar-refractivity contribution in [2.24, 2.45) is 5.92 Å². The summed E-state index contributed by atoms with van der Waals surface area (Å²) in [5, 5.41) is 9.79. The molecule has 1 unspecified atom stereocenters. The van der Waals surface area contributed by atoms with Gasteiger partial charge < -0.3 is 4.74 Å². The Bertz CT molecular complexity index is 763. The highest BCUT2D eigenvalue weighted by atomic mass is 16.5. The molecule has 3 heteroatoms. The van der Waals surface area contributed by atoms with Gasteiger partial charge in [-0.15, -0.1) is 0 Å². The van der Waals surface area contributed by atoms with Crippen molar-refractivity contribution in [1.82, 2.24) is 0 Å². The van der Waals surface area contributed by atoms with Crippen LogP contribution < -0.4 is 0 Å². The highest BCUT2D eigenvalue weighted by Crippen LogP contribution is 2.29. The number of ether oxygens (including phenoxy) is 1. The molecule has 0 radical (unpaired) electrons. The molecule has 28 heavy (non-hydrogen) atoms. The van der Waals surface area contributed by atoms with Crippen molar-refractivity contribution in [3.8, 4) is 6.07 Å². The van der Waals surface area contributed by atoms with Crippen molar-refractivity contribution >= 4 is 11.5 Å². The fraction of sp³-hybridized carbons (Fsp3) is 0.360. The van der Waals surface area contributed by atoms with Crippen LogP contribution in [0.5, 0.6) is 0 Å². The Morgan fingerprint density at radius 3 is 2.54 bits per heavy atom. The van der Waals surface area contributed by atoms with E-state index >= 15 is 0 Å². The van der Waals surface area contributed by atoms with Crippen molar-refractivity contribution in [2.45, 2.75) is 46.5 Å². The van der Waals surface area contributed by atoms with Gasteiger partial charge in [0.1, 0.15) is 11.6 Å². The van der Waals surface area contributed by atoms with Crippen LogP contribution in [0.2, 0.25) is 0 Å². The molecule has 1 aromatic carbocycles. The number of unbranched alkanes of at least 4 members (excludes halogenated alkanes) is 1. The number of benzene rings is 1. The predicted octanol–water partition coefficient (Wildman–Crippen LogP) is 6.41. The van der Waals surface area contributed by atoms with Crippen LogP contribution >= 0.6 is 0 Å². The fourth-order valence-electron chi connectivity index (χ4n) is 2.96. The first-order valence-corrected chi connectivity index (χ1v) is 9.95. The smallest absolute Gasteiger partial charge is 0.349 e. The first-order valence-electron chi connectivity index (χ1n) is 9.95. The Morgan fingerprint density at radius 1 is 1.29 bits per heavy atom. The molecule has 0 saturated heterocycles. The number of esters is 1. The predicted molar refractivity (Wildman–Crippen MR) is 116 cm³/mol. The van der Waals surface area contributed by atoms with Crippen LogP contribution in [0.15, 0.2) is 72.4 Å². The van der Waals surface area contributed by atoms with Crippen LogP contribution in [0.1, 0.15) is 52.0 Å². The van der Waals surface area contributed by atoms with E-state index in [-0.39, 0.29) is 5.57 Å². The first kappa shape index (κ1) is 23.2. The molecule has 0 aromatic heterocycles. The monoisotopic (exact) mass is 377 g/mol. The van der Waals surface area contributed by atoms with Gasteiger partial charge in [0.2, 0.25) is 0 Å². The molecule has 0 fully saturated rings. The summed E-state index contributed by atoms with van der Waals surface area (Å²) in [6.07, 6.45) is 11.4. The van der Waals surface area contributed by atoms with E-state index in [1.54, 1.807) is 12.2 Å². The quantitative estimate of drug-likeness (QED) is 0.194. The molecular weight excluding hydrogens is 346 g/mol. The first-order chi connectivity index (χ1) is 13.6. The maximum atomic E-state index is 12.8. The molecule has 0 heterocycles. The van der Waals surface area contributed by atoms with E-state index in [0.29, 0.717) is 18.1 Å². The van der Waals surface area contributed by atoms with Crippen LogP contribution in [-0.2, 0) is 9.53 Å². The lowest BCUT2D eigenvalue weighted by molar-refractivity contribution is -0.139. The average molecular weight is 378 g/mol. The number of nitriles is 1. The molecule has 0 aliphatic rings. The highest BCUT2D eigenvalue weighted by molar-refractivity contribution is 6.06. The standard InChI is InChI=1S/C25H31NO2/c1-5-9-15-20(8-4)19-28-25(27)23(18-26)24(21(13-6-2)14-7-3)22-16-11-10-12-17-22/h6-7,10-14,16-17,20H,2,5,8-9,15,19H2,1,3-4H3. The second kappa shape index (κ2) is 13.3. The average Bonchev–Trinajstić information content (AvgIpc) is 2.72. The lowest BCUT2D eigenvalue weighted by Crippen LogP contribution is -2.16. The third kappa shape index (κ3) is 7.04. The molecule has 0 amide bonds. The minimum atomic E-state index is -0.573. The molecule has 1 aromatic rings. The molecular formula is C25H31NO2. The van der Waals surface area contributed by atoms with E-state index in [4.69, 9.17) is 4.74 Å². The Kier molecular flexibility index (Phi) is 11.0. The van der Waals surface area contributed by atoms with Crippen LogP contribution in [0.4, 0.5) is 0 Å². The molecule has 1 rings (SSSR count). The summed E-state index contributed by atoms with van der Waals surface area (Å²) in [6.45, 7) is 10.2. The minimum Gasteiger partial charge on any atom is -0.461 e. The molecule has 0 aliphatic heterocycles. The van der Waals surface area contributed by atoms with Gasteiger partial charge in [-0.25, -0.2) is 4.79 Å². The summed E-state index contributed by atoms with van der Waals surface area (Å²) in [4.78, 5) is 12.8. The number of allylic oxidation sites excluding steroid dienone is 6. The summed E-state index contributed by atoms with van der Waals surface area (Å²) >= 11 is 0. The van der Waals surface area contributed by atoms with E-state index in [2.05, 4.69) is 26.5 Å².